The van der Waals surface area contributed by atoms with Crippen LogP contribution in [0.2, 0.25) is 0 Å². The quantitative estimate of drug-likeness (QED) is 0.559. The topological polar surface area (TPSA) is 29.9 Å². The van der Waals surface area contributed by atoms with Crippen molar-refractivity contribution < 1.29 is 4.57 Å². The van der Waals surface area contributed by atoms with E-state index >= 15 is 0 Å². The van der Waals surface area contributed by atoms with Gasteiger partial charge in [-0.3, -0.25) is 0 Å². The summed E-state index contributed by atoms with van der Waals surface area (Å²) in [5, 5.41) is 0. The van der Waals surface area contributed by atoms with Gasteiger partial charge in [-0.25, -0.2) is 4.57 Å². The van der Waals surface area contributed by atoms with Gasteiger partial charge in [-0.15, -0.1) is 0 Å². The predicted octanol–water partition coefficient (Wildman–Crippen LogP) is 1.60. The SMILES string of the molecule is Nc1cccc(C[n+]2ccccc2)c1. The van der Waals surface area contributed by atoms with Crippen LogP contribution in [0.5, 0.6) is 0 Å². The Labute approximate surface area is 83.6 Å². The van der Waals surface area contributed by atoms with Gasteiger partial charge in [0.1, 0.15) is 0 Å². The molecule has 0 spiro atoms. The Balaban J connectivity index is 2.19. The second-order valence-corrected chi connectivity index (χ2v) is 3.29. The van der Waals surface area contributed by atoms with Crippen molar-refractivity contribution in [3.05, 3.63) is 60.4 Å². The van der Waals surface area contributed by atoms with Crippen molar-refractivity contribution in [1.82, 2.24) is 0 Å². The number of hydrogen-bond donors (Lipinski definition) is 1. The lowest BCUT2D eigenvalue weighted by Crippen LogP contribution is -2.32. The normalized spacial score (nSPS) is 10.0. The number of benzene rings is 1. The van der Waals surface area contributed by atoms with E-state index in [0.29, 0.717) is 0 Å². The Hall–Kier alpha value is -1.83. The molecule has 0 radical (unpaired) electrons. The molecule has 0 aliphatic carbocycles. The zero-order valence-corrected chi connectivity index (χ0v) is 7.93. The van der Waals surface area contributed by atoms with Gasteiger partial charge in [0.05, 0.1) is 0 Å². The third-order valence-electron chi connectivity index (χ3n) is 2.09. The number of aromatic nitrogens is 1. The van der Waals surface area contributed by atoms with Gasteiger partial charge in [0, 0.05) is 23.4 Å². The van der Waals surface area contributed by atoms with Gasteiger partial charge in [0.2, 0.25) is 0 Å². The molecule has 0 amide bonds. The minimum Gasteiger partial charge on any atom is -0.399 e. The fraction of sp³-hybridized carbons (Fsp3) is 0.0833. The molecule has 2 aromatic rings. The van der Waals surface area contributed by atoms with Crippen molar-refractivity contribution in [2.75, 3.05) is 5.73 Å². The van der Waals surface area contributed by atoms with Crippen LogP contribution in [0.25, 0.3) is 0 Å². The summed E-state index contributed by atoms with van der Waals surface area (Å²) < 4.78 is 2.12. The van der Waals surface area contributed by atoms with Crippen LogP contribution in [0.3, 0.4) is 0 Å². The van der Waals surface area contributed by atoms with E-state index in [1.165, 1.54) is 5.56 Å². The lowest BCUT2D eigenvalue weighted by Gasteiger charge is -1.98. The number of rotatable bonds is 2. The monoisotopic (exact) mass is 185 g/mol. The number of hydrogen-bond acceptors (Lipinski definition) is 1. The van der Waals surface area contributed by atoms with Gasteiger partial charge in [0.15, 0.2) is 18.9 Å². The van der Waals surface area contributed by atoms with Crippen molar-refractivity contribution in [1.29, 1.82) is 0 Å². The van der Waals surface area contributed by atoms with Gasteiger partial charge in [0.25, 0.3) is 0 Å². The molecule has 0 saturated carbocycles. The van der Waals surface area contributed by atoms with E-state index in [0.717, 1.165) is 12.2 Å². The number of nitrogens with two attached hydrogens (primary N) is 1. The van der Waals surface area contributed by atoms with Crippen molar-refractivity contribution in [2.45, 2.75) is 6.54 Å². The number of anilines is 1. The first-order valence-electron chi connectivity index (χ1n) is 4.63. The minimum absolute atomic E-state index is 0.819. The van der Waals surface area contributed by atoms with Crippen LogP contribution >= 0.6 is 0 Å². The van der Waals surface area contributed by atoms with Crippen LogP contribution in [0, 0.1) is 0 Å². The highest BCUT2D eigenvalue weighted by atomic mass is 14.9. The fourth-order valence-electron chi connectivity index (χ4n) is 1.44. The Morgan fingerprint density at radius 2 is 1.79 bits per heavy atom. The van der Waals surface area contributed by atoms with E-state index in [4.69, 9.17) is 5.73 Å². The molecule has 0 fully saturated rings. The van der Waals surface area contributed by atoms with Crippen LogP contribution in [0.4, 0.5) is 5.69 Å². The molecular formula is C12H13N2+. The molecule has 14 heavy (non-hydrogen) atoms. The Kier molecular flexibility index (Phi) is 2.45. The van der Waals surface area contributed by atoms with Crippen LogP contribution in [0.15, 0.2) is 54.9 Å². The van der Waals surface area contributed by atoms with Crippen LogP contribution < -0.4 is 10.3 Å². The minimum atomic E-state index is 0.819. The second-order valence-electron chi connectivity index (χ2n) is 3.29. The molecule has 2 N–H and O–H groups in total. The average molecular weight is 185 g/mol. The van der Waals surface area contributed by atoms with E-state index in [9.17, 15) is 0 Å². The molecule has 2 heteroatoms. The van der Waals surface area contributed by atoms with Gasteiger partial charge >= 0.3 is 0 Å². The Bertz CT molecular complexity index is 410. The predicted molar refractivity (Wildman–Crippen MR) is 56.6 cm³/mol. The maximum absolute atomic E-state index is 5.70. The molecular weight excluding hydrogens is 172 g/mol. The maximum Gasteiger partial charge on any atom is 0.173 e. The summed E-state index contributed by atoms with van der Waals surface area (Å²) in [5.41, 5.74) is 7.74. The molecule has 1 aromatic carbocycles. The summed E-state index contributed by atoms with van der Waals surface area (Å²) >= 11 is 0. The third kappa shape index (κ3) is 2.10. The Morgan fingerprint density at radius 1 is 1.00 bits per heavy atom. The average Bonchev–Trinajstić information content (AvgIpc) is 2.19. The summed E-state index contributed by atoms with van der Waals surface area (Å²) in [5.74, 6) is 0. The molecule has 1 heterocycles. The molecule has 0 aliphatic rings. The summed E-state index contributed by atoms with van der Waals surface area (Å²) in [7, 11) is 0. The van der Waals surface area contributed by atoms with Crippen molar-refractivity contribution in [3.63, 3.8) is 0 Å². The first-order valence-corrected chi connectivity index (χ1v) is 4.63. The first-order chi connectivity index (χ1) is 6.84. The van der Waals surface area contributed by atoms with Crippen LogP contribution in [-0.4, -0.2) is 0 Å². The number of nitrogens with zero attached hydrogens (tertiary/aromatic N) is 1. The molecule has 0 saturated heterocycles. The number of nitrogen functional groups attached to an aromatic ring is 1. The highest BCUT2D eigenvalue weighted by molar-refractivity contribution is 5.40. The van der Waals surface area contributed by atoms with Gasteiger partial charge < -0.3 is 5.73 Å². The highest BCUT2D eigenvalue weighted by Gasteiger charge is 2.00. The maximum atomic E-state index is 5.70. The summed E-state index contributed by atoms with van der Waals surface area (Å²) in [6, 6.07) is 14.0. The van der Waals surface area contributed by atoms with E-state index in [1.807, 2.05) is 48.8 Å². The van der Waals surface area contributed by atoms with Crippen molar-refractivity contribution in [3.8, 4) is 0 Å². The smallest absolute Gasteiger partial charge is 0.173 e. The van der Waals surface area contributed by atoms with Gasteiger partial charge in [-0.05, 0) is 12.1 Å². The van der Waals surface area contributed by atoms with E-state index in [-0.39, 0.29) is 0 Å². The summed E-state index contributed by atoms with van der Waals surface area (Å²) in [4.78, 5) is 0. The number of pyridine rings is 1. The van der Waals surface area contributed by atoms with Crippen molar-refractivity contribution in [2.24, 2.45) is 0 Å². The Morgan fingerprint density at radius 3 is 2.50 bits per heavy atom. The van der Waals surface area contributed by atoms with E-state index in [2.05, 4.69) is 10.6 Å². The summed E-state index contributed by atoms with van der Waals surface area (Å²) in [6.45, 7) is 0.867. The van der Waals surface area contributed by atoms with Crippen molar-refractivity contribution >= 4 is 5.69 Å². The van der Waals surface area contributed by atoms with Gasteiger partial charge in [-0.2, -0.15) is 0 Å². The first kappa shape index (κ1) is 8.75. The molecule has 2 nitrogen and oxygen atoms in total. The van der Waals surface area contributed by atoms with Crippen LogP contribution in [0.1, 0.15) is 5.56 Å². The molecule has 0 bridgehead atoms. The van der Waals surface area contributed by atoms with E-state index in [1.54, 1.807) is 0 Å². The highest BCUT2D eigenvalue weighted by Crippen LogP contribution is 2.05. The fourth-order valence-corrected chi connectivity index (χ4v) is 1.44. The lowest BCUT2D eigenvalue weighted by atomic mass is 10.2. The zero-order chi connectivity index (χ0) is 9.80. The lowest BCUT2D eigenvalue weighted by molar-refractivity contribution is -0.688. The standard InChI is InChI=1S/C12H13N2/c13-12-6-4-5-11(9-12)10-14-7-2-1-3-8-14/h1-9H,10,13H2/q+1. The molecule has 70 valence electrons. The largest absolute Gasteiger partial charge is 0.399 e. The molecule has 2 rings (SSSR count). The zero-order valence-electron chi connectivity index (χ0n) is 7.93. The molecule has 0 aliphatic heterocycles. The molecule has 1 aromatic heterocycles. The summed E-state index contributed by atoms with van der Waals surface area (Å²) in [6.07, 6.45) is 4.09. The van der Waals surface area contributed by atoms with E-state index < -0.39 is 0 Å². The van der Waals surface area contributed by atoms with Crippen LogP contribution in [-0.2, 0) is 6.54 Å². The van der Waals surface area contributed by atoms with Gasteiger partial charge in [-0.1, -0.05) is 18.2 Å². The molecule has 0 atom stereocenters. The third-order valence-corrected chi connectivity index (χ3v) is 2.09. The molecule has 0 unspecified atom stereocenters. The second kappa shape index (κ2) is 3.92.